The largest absolute Gasteiger partial charge is 0.365 e. The quantitative estimate of drug-likeness (QED) is 0.505. The van der Waals surface area contributed by atoms with E-state index in [-0.39, 0.29) is 24.5 Å². The Labute approximate surface area is 113 Å². The van der Waals surface area contributed by atoms with Gasteiger partial charge in [0.15, 0.2) is 16.2 Å². The normalized spacial score (nSPS) is 31.8. The molecule has 0 radical (unpaired) electrons. The molecule has 112 valence electrons. The Balaban J connectivity index is 1.82. The van der Waals surface area contributed by atoms with Crippen molar-refractivity contribution < 1.29 is 21.9 Å². The van der Waals surface area contributed by atoms with E-state index in [0.29, 0.717) is 19.6 Å². The number of hydrogen-bond acceptors (Lipinski definition) is 7. The van der Waals surface area contributed by atoms with Crippen LogP contribution in [0.5, 0.6) is 0 Å². The Morgan fingerprint density at radius 3 is 2.68 bits per heavy atom. The van der Waals surface area contributed by atoms with Crippen LogP contribution in [0.4, 0.5) is 0 Å². The monoisotopic (exact) mass is 313 g/mol. The Bertz CT molecular complexity index is 518. The van der Waals surface area contributed by atoms with Gasteiger partial charge in [0.1, 0.15) is 0 Å². The molecule has 2 aliphatic rings. The number of hydrogen-bond donors (Lipinski definition) is 3. The topological polar surface area (TPSA) is 116 Å². The number of nitrogens with one attached hydrogen (secondary N) is 2. The fourth-order valence-corrected chi connectivity index (χ4v) is 6.35. The molecule has 19 heavy (non-hydrogen) atoms. The highest BCUT2D eigenvalue weighted by molar-refractivity contribution is 7.95. The summed E-state index contributed by atoms with van der Waals surface area (Å²) in [6.45, 7) is 1.86. The molecule has 3 N–H and O–H groups in total. The fraction of sp³-hybridized carbons (Fsp3) is 1.00. The molecule has 10 heteroatoms. The number of rotatable bonds is 5. The maximum atomic E-state index is 11.9. The molecular formula is C9H19N3O5S2. The van der Waals surface area contributed by atoms with E-state index in [1.165, 1.54) is 0 Å². The van der Waals surface area contributed by atoms with Gasteiger partial charge in [0.2, 0.25) is 10.0 Å². The highest BCUT2D eigenvalue weighted by Crippen LogP contribution is 2.17. The van der Waals surface area contributed by atoms with E-state index >= 15 is 0 Å². The molecule has 0 bridgehead atoms. The van der Waals surface area contributed by atoms with Crippen LogP contribution in [0.1, 0.15) is 6.42 Å². The van der Waals surface area contributed by atoms with Gasteiger partial charge in [-0.15, -0.1) is 0 Å². The third-order valence-corrected chi connectivity index (χ3v) is 7.27. The molecule has 2 unspecified atom stereocenters. The van der Waals surface area contributed by atoms with Gasteiger partial charge in [0, 0.05) is 26.2 Å². The van der Waals surface area contributed by atoms with Gasteiger partial charge in [0.05, 0.1) is 16.8 Å². The van der Waals surface area contributed by atoms with E-state index in [9.17, 15) is 21.9 Å². The molecule has 2 heterocycles. The summed E-state index contributed by atoms with van der Waals surface area (Å²) in [6.07, 6.45) is -0.581. The van der Waals surface area contributed by atoms with Crippen LogP contribution in [0.3, 0.4) is 0 Å². The first-order chi connectivity index (χ1) is 8.80. The molecule has 0 aromatic carbocycles. The van der Waals surface area contributed by atoms with Crippen LogP contribution >= 0.6 is 0 Å². The number of aliphatic hydroxyl groups excluding tert-OH is 1. The molecule has 0 aromatic rings. The number of nitrogens with zero attached hydrogens (tertiary/aromatic N) is 1. The van der Waals surface area contributed by atoms with Crippen LogP contribution in [0, 0.1) is 0 Å². The molecule has 8 nitrogen and oxygen atoms in total. The SMILES string of the molecule is O=S1(=O)CCC(S(=O)(=O)NCCN2CCNC2O)C1. The van der Waals surface area contributed by atoms with Gasteiger partial charge in [-0.25, -0.2) is 21.6 Å². The zero-order valence-electron chi connectivity index (χ0n) is 10.4. The molecule has 2 atom stereocenters. The number of sulfonamides is 1. The first-order valence-corrected chi connectivity index (χ1v) is 9.51. The molecule has 0 amide bonds. The van der Waals surface area contributed by atoms with E-state index in [0.717, 1.165) is 0 Å². The lowest BCUT2D eigenvalue weighted by Crippen LogP contribution is -2.42. The first kappa shape index (κ1) is 15.1. The van der Waals surface area contributed by atoms with Gasteiger partial charge in [-0.1, -0.05) is 0 Å². The highest BCUT2D eigenvalue weighted by atomic mass is 32.2. The van der Waals surface area contributed by atoms with Gasteiger partial charge in [-0.3, -0.25) is 10.2 Å². The minimum Gasteiger partial charge on any atom is -0.365 e. The van der Waals surface area contributed by atoms with Crippen LogP contribution in [-0.2, 0) is 19.9 Å². The van der Waals surface area contributed by atoms with Crippen molar-refractivity contribution in [3.8, 4) is 0 Å². The van der Waals surface area contributed by atoms with Crippen molar-refractivity contribution in [2.75, 3.05) is 37.7 Å². The predicted molar refractivity (Wildman–Crippen MR) is 69.6 cm³/mol. The zero-order valence-corrected chi connectivity index (χ0v) is 12.1. The molecule has 2 rings (SSSR count). The maximum Gasteiger partial charge on any atom is 0.215 e. The van der Waals surface area contributed by atoms with Crippen LogP contribution in [-0.4, -0.2) is 76.1 Å². The van der Waals surface area contributed by atoms with Gasteiger partial charge < -0.3 is 5.11 Å². The number of sulfone groups is 1. The van der Waals surface area contributed by atoms with Crippen molar-refractivity contribution in [3.63, 3.8) is 0 Å². The van der Waals surface area contributed by atoms with E-state index < -0.39 is 31.5 Å². The predicted octanol–water partition coefficient (Wildman–Crippen LogP) is -2.73. The minimum absolute atomic E-state index is 0.0622. The molecule has 0 aliphatic carbocycles. The van der Waals surface area contributed by atoms with E-state index in [4.69, 9.17) is 0 Å². The molecule has 0 spiro atoms. The Hall–Kier alpha value is -0.260. The second-order valence-corrected chi connectivity index (χ2v) is 9.10. The van der Waals surface area contributed by atoms with Crippen molar-refractivity contribution in [2.24, 2.45) is 0 Å². The summed E-state index contributed by atoms with van der Waals surface area (Å²) in [5.74, 6) is -0.358. The Morgan fingerprint density at radius 2 is 2.16 bits per heavy atom. The summed E-state index contributed by atoms with van der Waals surface area (Å²) >= 11 is 0. The Morgan fingerprint density at radius 1 is 1.42 bits per heavy atom. The first-order valence-electron chi connectivity index (χ1n) is 6.14. The van der Waals surface area contributed by atoms with Crippen molar-refractivity contribution in [1.29, 1.82) is 0 Å². The standard InChI is InChI=1S/C9H19N3O5S2/c13-9-10-2-4-12(9)5-3-11-19(16,17)8-1-6-18(14,15)7-8/h8-11,13H,1-7H2. The minimum atomic E-state index is -3.60. The molecule has 2 fully saturated rings. The lowest BCUT2D eigenvalue weighted by molar-refractivity contribution is 0.0238. The molecule has 0 saturated carbocycles. The summed E-state index contributed by atoms with van der Waals surface area (Å²) < 4.78 is 48.8. The summed E-state index contributed by atoms with van der Waals surface area (Å²) in [5, 5.41) is 11.4. The van der Waals surface area contributed by atoms with Crippen molar-refractivity contribution in [1.82, 2.24) is 14.9 Å². The third kappa shape index (κ3) is 3.86. The molecular weight excluding hydrogens is 294 g/mol. The Kier molecular flexibility index (Phi) is 4.48. The lowest BCUT2D eigenvalue weighted by atomic mass is 10.4. The molecule has 2 saturated heterocycles. The maximum absolute atomic E-state index is 11.9. The third-order valence-electron chi connectivity index (χ3n) is 3.40. The average molecular weight is 313 g/mol. The van der Waals surface area contributed by atoms with E-state index in [1.807, 2.05) is 0 Å². The summed E-state index contributed by atoms with van der Waals surface area (Å²) in [7, 11) is -6.81. The van der Waals surface area contributed by atoms with E-state index in [1.54, 1.807) is 4.90 Å². The smallest absolute Gasteiger partial charge is 0.215 e. The van der Waals surface area contributed by atoms with Gasteiger partial charge in [0.25, 0.3) is 0 Å². The van der Waals surface area contributed by atoms with Crippen LogP contribution in [0.15, 0.2) is 0 Å². The van der Waals surface area contributed by atoms with Crippen molar-refractivity contribution in [2.45, 2.75) is 18.0 Å². The average Bonchev–Trinajstić information content (AvgIpc) is 2.86. The van der Waals surface area contributed by atoms with Crippen LogP contribution in [0.2, 0.25) is 0 Å². The molecule has 2 aliphatic heterocycles. The van der Waals surface area contributed by atoms with Crippen molar-refractivity contribution in [3.05, 3.63) is 0 Å². The van der Waals surface area contributed by atoms with Crippen LogP contribution < -0.4 is 10.0 Å². The second kappa shape index (κ2) is 5.62. The zero-order chi connectivity index (χ0) is 14.1. The fourth-order valence-electron chi connectivity index (χ4n) is 2.28. The van der Waals surface area contributed by atoms with Gasteiger partial charge >= 0.3 is 0 Å². The number of aliphatic hydroxyl groups is 1. The van der Waals surface area contributed by atoms with Gasteiger partial charge in [-0.2, -0.15) is 0 Å². The lowest BCUT2D eigenvalue weighted by Gasteiger charge is -2.19. The highest BCUT2D eigenvalue weighted by Gasteiger charge is 2.37. The van der Waals surface area contributed by atoms with Gasteiger partial charge in [-0.05, 0) is 6.42 Å². The molecule has 0 aromatic heterocycles. The second-order valence-electron chi connectivity index (χ2n) is 4.83. The summed E-state index contributed by atoms with van der Waals surface area (Å²) in [6, 6.07) is 0. The summed E-state index contributed by atoms with van der Waals surface area (Å²) in [5.41, 5.74) is 0. The van der Waals surface area contributed by atoms with Crippen molar-refractivity contribution >= 4 is 19.9 Å². The summed E-state index contributed by atoms with van der Waals surface area (Å²) in [4.78, 5) is 1.70. The van der Waals surface area contributed by atoms with Crippen LogP contribution in [0.25, 0.3) is 0 Å². The van der Waals surface area contributed by atoms with E-state index in [2.05, 4.69) is 10.0 Å².